The molecule has 0 rings (SSSR count). The lowest BCUT2D eigenvalue weighted by Crippen LogP contribution is -3.02. The molecule has 0 aliphatic rings. The molecule has 0 saturated carbocycles. The standard InChI is InChI=1S/C9H19N.ClH/c1-7-9(5,6)10-8(2,3)4;/h7,10H,1H2,2-6H3;1H. The highest BCUT2D eigenvalue weighted by Gasteiger charge is 2.24. The molecule has 0 fully saturated rings. The molecule has 0 radical (unpaired) electrons. The second-order valence-corrected chi connectivity index (χ2v) is 4.54. The Kier molecular flexibility index (Phi) is 5.09. The summed E-state index contributed by atoms with van der Waals surface area (Å²) in [5.74, 6) is 0. The van der Waals surface area contributed by atoms with Gasteiger partial charge in [0.25, 0.3) is 0 Å². The Bertz CT molecular complexity index is 122. The fraction of sp³-hybridized carbons (Fsp3) is 0.778. The van der Waals surface area contributed by atoms with Gasteiger partial charge in [0.2, 0.25) is 0 Å². The minimum absolute atomic E-state index is 0. The van der Waals surface area contributed by atoms with Crippen LogP contribution >= 0.6 is 0 Å². The van der Waals surface area contributed by atoms with Gasteiger partial charge in [0.15, 0.2) is 0 Å². The topological polar surface area (TPSA) is 16.6 Å². The lowest BCUT2D eigenvalue weighted by molar-refractivity contribution is -0.765. The summed E-state index contributed by atoms with van der Waals surface area (Å²) in [6, 6.07) is 0. The van der Waals surface area contributed by atoms with Gasteiger partial charge in [-0.25, -0.2) is 0 Å². The smallest absolute Gasteiger partial charge is 0.109 e. The van der Waals surface area contributed by atoms with Crippen LogP contribution in [0.25, 0.3) is 0 Å². The summed E-state index contributed by atoms with van der Waals surface area (Å²) < 4.78 is 0. The van der Waals surface area contributed by atoms with E-state index in [-0.39, 0.29) is 23.5 Å². The molecule has 0 aromatic heterocycles. The van der Waals surface area contributed by atoms with E-state index in [0.717, 1.165) is 0 Å². The molecule has 0 atom stereocenters. The molecule has 0 saturated heterocycles. The summed E-state index contributed by atoms with van der Waals surface area (Å²) in [4.78, 5) is 0. The summed E-state index contributed by atoms with van der Waals surface area (Å²) in [6.07, 6.45) is 1.98. The quantitative estimate of drug-likeness (QED) is 0.486. The largest absolute Gasteiger partial charge is 1.00 e. The Morgan fingerprint density at radius 2 is 1.45 bits per heavy atom. The van der Waals surface area contributed by atoms with Gasteiger partial charge >= 0.3 is 0 Å². The van der Waals surface area contributed by atoms with E-state index in [1.807, 2.05) is 6.08 Å². The number of halogens is 1. The van der Waals surface area contributed by atoms with Crippen molar-refractivity contribution < 1.29 is 17.7 Å². The molecule has 0 aromatic carbocycles. The molecule has 0 unspecified atom stereocenters. The molecule has 0 heterocycles. The molecule has 1 nitrogen and oxygen atoms in total. The fourth-order valence-electron chi connectivity index (χ4n) is 1.17. The van der Waals surface area contributed by atoms with Crippen LogP contribution in [-0.4, -0.2) is 11.1 Å². The molecule has 0 aliphatic heterocycles. The maximum absolute atomic E-state index is 3.79. The van der Waals surface area contributed by atoms with Gasteiger partial charge in [-0.2, -0.15) is 0 Å². The van der Waals surface area contributed by atoms with Crippen LogP contribution in [0.15, 0.2) is 12.7 Å². The number of rotatable bonds is 2. The van der Waals surface area contributed by atoms with E-state index in [0.29, 0.717) is 0 Å². The van der Waals surface area contributed by atoms with Gasteiger partial charge in [-0.3, -0.25) is 0 Å². The number of nitrogens with two attached hydrogens (primary N) is 1. The first-order valence-electron chi connectivity index (χ1n) is 3.77. The molecule has 11 heavy (non-hydrogen) atoms. The average Bonchev–Trinajstić information content (AvgIpc) is 1.60. The van der Waals surface area contributed by atoms with Crippen molar-refractivity contribution in [3.8, 4) is 0 Å². The minimum Gasteiger partial charge on any atom is -1.00 e. The van der Waals surface area contributed by atoms with Crippen LogP contribution in [0.1, 0.15) is 34.6 Å². The van der Waals surface area contributed by atoms with Gasteiger partial charge in [-0.1, -0.05) is 6.58 Å². The van der Waals surface area contributed by atoms with Crippen molar-refractivity contribution in [3.05, 3.63) is 12.7 Å². The van der Waals surface area contributed by atoms with Gasteiger partial charge in [0, 0.05) is 0 Å². The lowest BCUT2D eigenvalue weighted by atomic mass is 9.99. The average molecular weight is 178 g/mol. The zero-order valence-corrected chi connectivity index (χ0v) is 9.00. The molecule has 68 valence electrons. The third kappa shape index (κ3) is 7.89. The Morgan fingerprint density at radius 3 is 1.55 bits per heavy atom. The Labute approximate surface area is 76.7 Å². The van der Waals surface area contributed by atoms with Crippen molar-refractivity contribution in [1.29, 1.82) is 0 Å². The molecule has 0 aromatic rings. The minimum atomic E-state index is 0. The zero-order chi connectivity index (χ0) is 8.41. The fourth-order valence-corrected chi connectivity index (χ4v) is 1.17. The maximum Gasteiger partial charge on any atom is 0.109 e. The number of quaternary nitrogens is 1. The zero-order valence-electron chi connectivity index (χ0n) is 8.24. The highest BCUT2D eigenvalue weighted by molar-refractivity contribution is 4.87. The maximum atomic E-state index is 3.79. The summed E-state index contributed by atoms with van der Waals surface area (Å²) in [6.45, 7) is 14.7. The summed E-state index contributed by atoms with van der Waals surface area (Å²) >= 11 is 0. The first-order valence-corrected chi connectivity index (χ1v) is 3.77. The van der Waals surface area contributed by atoms with Crippen LogP contribution in [0.5, 0.6) is 0 Å². The molecule has 2 heteroatoms. The predicted molar refractivity (Wildman–Crippen MR) is 46.0 cm³/mol. The first-order chi connectivity index (χ1) is 4.27. The van der Waals surface area contributed by atoms with Gasteiger partial charge in [-0.15, -0.1) is 0 Å². The monoisotopic (exact) mass is 177 g/mol. The molecular formula is C9H20ClN. The van der Waals surface area contributed by atoms with Crippen molar-refractivity contribution >= 4 is 0 Å². The van der Waals surface area contributed by atoms with E-state index in [1.165, 1.54) is 0 Å². The van der Waals surface area contributed by atoms with Gasteiger partial charge in [0.1, 0.15) is 5.54 Å². The van der Waals surface area contributed by atoms with Crippen molar-refractivity contribution in [2.45, 2.75) is 45.7 Å². The van der Waals surface area contributed by atoms with Gasteiger partial charge in [-0.05, 0) is 40.7 Å². The van der Waals surface area contributed by atoms with E-state index in [4.69, 9.17) is 0 Å². The molecule has 0 aliphatic carbocycles. The second kappa shape index (κ2) is 4.13. The highest BCUT2D eigenvalue weighted by Crippen LogP contribution is 1.99. The van der Waals surface area contributed by atoms with E-state index >= 15 is 0 Å². The summed E-state index contributed by atoms with van der Waals surface area (Å²) in [7, 11) is 0. The molecule has 0 bridgehead atoms. The van der Waals surface area contributed by atoms with Crippen molar-refractivity contribution in [2.24, 2.45) is 0 Å². The molecular weight excluding hydrogens is 158 g/mol. The van der Waals surface area contributed by atoms with Crippen LogP contribution in [0, 0.1) is 0 Å². The SMILES string of the molecule is C=CC(C)(C)[NH2+]C(C)(C)C.[Cl-]. The van der Waals surface area contributed by atoms with Crippen LogP contribution < -0.4 is 17.7 Å². The Balaban J connectivity index is 0. The second-order valence-electron chi connectivity index (χ2n) is 4.54. The molecule has 2 N–H and O–H groups in total. The third-order valence-electron chi connectivity index (χ3n) is 1.33. The van der Waals surface area contributed by atoms with Crippen molar-refractivity contribution in [2.75, 3.05) is 0 Å². The molecule has 0 spiro atoms. The van der Waals surface area contributed by atoms with Crippen molar-refractivity contribution in [1.82, 2.24) is 0 Å². The van der Waals surface area contributed by atoms with Crippen LogP contribution in [0.2, 0.25) is 0 Å². The normalized spacial score (nSPS) is 12.1. The predicted octanol–water partition coefficient (Wildman–Crippen LogP) is -1.68. The number of hydrogen-bond donors (Lipinski definition) is 1. The summed E-state index contributed by atoms with van der Waals surface area (Å²) in [5.41, 5.74) is 0.454. The molecule has 0 amide bonds. The Hall–Kier alpha value is -0.0100. The van der Waals surface area contributed by atoms with Gasteiger partial charge in [0.05, 0.1) is 5.54 Å². The van der Waals surface area contributed by atoms with E-state index < -0.39 is 0 Å². The third-order valence-corrected chi connectivity index (χ3v) is 1.33. The van der Waals surface area contributed by atoms with Crippen LogP contribution in [0.3, 0.4) is 0 Å². The van der Waals surface area contributed by atoms with Crippen LogP contribution in [-0.2, 0) is 0 Å². The Morgan fingerprint density at radius 1 is 1.09 bits per heavy atom. The van der Waals surface area contributed by atoms with E-state index in [2.05, 4.69) is 46.5 Å². The highest BCUT2D eigenvalue weighted by atomic mass is 35.5. The van der Waals surface area contributed by atoms with E-state index in [1.54, 1.807) is 0 Å². The lowest BCUT2D eigenvalue weighted by Gasteiger charge is -2.28. The number of hydrogen-bond acceptors (Lipinski definition) is 0. The van der Waals surface area contributed by atoms with Crippen molar-refractivity contribution in [3.63, 3.8) is 0 Å². The van der Waals surface area contributed by atoms with Crippen LogP contribution in [0.4, 0.5) is 0 Å². The van der Waals surface area contributed by atoms with E-state index in [9.17, 15) is 0 Å². The first kappa shape index (κ1) is 13.6. The van der Waals surface area contributed by atoms with Gasteiger partial charge < -0.3 is 17.7 Å². The summed E-state index contributed by atoms with van der Waals surface area (Å²) in [5, 5.41) is 2.31.